The summed E-state index contributed by atoms with van der Waals surface area (Å²) in [6, 6.07) is 24.2. The lowest BCUT2D eigenvalue weighted by atomic mass is 10.1. The first-order chi connectivity index (χ1) is 14.5. The van der Waals surface area contributed by atoms with Gasteiger partial charge in [0.1, 0.15) is 6.04 Å². The molecule has 0 aliphatic carbocycles. The van der Waals surface area contributed by atoms with E-state index in [1.54, 1.807) is 43.3 Å². The molecule has 0 heterocycles. The highest BCUT2D eigenvalue weighted by Crippen LogP contribution is 2.10. The van der Waals surface area contributed by atoms with Crippen LogP contribution in [0.2, 0.25) is 0 Å². The van der Waals surface area contributed by atoms with Crippen LogP contribution >= 0.6 is 0 Å². The van der Waals surface area contributed by atoms with E-state index in [1.165, 1.54) is 0 Å². The van der Waals surface area contributed by atoms with E-state index in [0.29, 0.717) is 23.4 Å². The number of anilines is 1. The summed E-state index contributed by atoms with van der Waals surface area (Å²) in [7, 11) is 0. The summed E-state index contributed by atoms with van der Waals surface area (Å²) < 4.78 is 0. The lowest BCUT2D eigenvalue weighted by molar-refractivity contribution is -0.122. The van der Waals surface area contributed by atoms with Crippen LogP contribution in [0.4, 0.5) is 5.69 Å². The number of carbonyl (C=O) groups excluding carboxylic acids is 3. The molecule has 0 saturated carbocycles. The molecule has 0 saturated heterocycles. The molecule has 3 amide bonds. The highest BCUT2D eigenvalue weighted by Gasteiger charge is 2.17. The fraction of sp³-hybridized carbons (Fsp3) is 0.125. The second-order valence-electron chi connectivity index (χ2n) is 6.80. The molecule has 6 heteroatoms. The second-order valence-corrected chi connectivity index (χ2v) is 6.80. The number of para-hydroxylation sites is 1. The molecule has 0 spiro atoms. The zero-order chi connectivity index (χ0) is 21.3. The Kier molecular flexibility index (Phi) is 6.95. The van der Waals surface area contributed by atoms with Crippen LogP contribution in [0.3, 0.4) is 0 Å². The lowest BCUT2D eigenvalue weighted by Crippen LogP contribution is -2.44. The smallest absolute Gasteiger partial charge is 0.255 e. The topological polar surface area (TPSA) is 87.3 Å². The molecule has 3 aromatic rings. The fourth-order valence-electron chi connectivity index (χ4n) is 2.78. The average Bonchev–Trinajstić information content (AvgIpc) is 2.78. The Morgan fingerprint density at radius 3 is 1.87 bits per heavy atom. The fourth-order valence-corrected chi connectivity index (χ4v) is 2.78. The molecule has 3 rings (SSSR count). The molecule has 3 aromatic carbocycles. The summed E-state index contributed by atoms with van der Waals surface area (Å²) in [5, 5.41) is 8.25. The Hall–Kier alpha value is -3.93. The molecular formula is C24H23N3O3. The first-order valence-corrected chi connectivity index (χ1v) is 9.62. The van der Waals surface area contributed by atoms with Crippen LogP contribution in [-0.2, 0) is 11.3 Å². The molecule has 0 fully saturated rings. The minimum absolute atomic E-state index is 0.262. The van der Waals surface area contributed by atoms with Crippen molar-refractivity contribution >= 4 is 23.4 Å². The number of benzene rings is 3. The van der Waals surface area contributed by atoms with E-state index in [0.717, 1.165) is 5.56 Å². The van der Waals surface area contributed by atoms with Crippen molar-refractivity contribution in [1.82, 2.24) is 10.6 Å². The minimum atomic E-state index is -0.692. The van der Waals surface area contributed by atoms with E-state index in [4.69, 9.17) is 0 Å². The maximum atomic E-state index is 12.4. The van der Waals surface area contributed by atoms with E-state index in [1.807, 2.05) is 48.5 Å². The predicted molar refractivity (Wildman–Crippen MR) is 116 cm³/mol. The van der Waals surface area contributed by atoms with Gasteiger partial charge < -0.3 is 16.0 Å². The van der Waals surface area contributed by atoms with Gasteiger partial charge in [0.15, 0.2) is 0 Å². The summed E-state index contributed by atoms with van der Waals surface area (Å²) in [5.74, 6) is -0.916. The highest BCUT2D eigenvalue weighted by atomic mass is 16.2. The largest absolute Gasteiger partial charge is 0.350 e. The van der Waals surface area contributed by atoms with Gasteiger partial charge in [0, 0.05) is 23.4 Å². The van der Waals surface area contributed by atoms with Gasteiger partial charge in [-0.05, 0) is 48.9 Å². The Balaban J connectivity index is 1.52. The Morgan fingerprint density at radius 1 is 0.733 bits per heavy atom. The van der Waals surface area contributed by atoms with Crippen LogP contribution < -0.4 is 16.0 Å². The Morgan fingerprint density at radius 2 is 1.27 bits per heavy atom. The SMILES string of the molecule is CC(NC(=O)c1ccc(C(=O)Nc2ccccc2)cc1)C(=O)NCc1ccccc1. The van der Waals surface area contributed by atoms with Crippen molar-refractivity contribution in [2.24, 2.45) is 0 Å². The minimum Gasteiger partial charge on any atom is -0.350 e. The summed E-state index contributed by atoms with van der Waals surface area (Å²) in [4.78, 5) is 36.9. The molecule has 6 nitrogen and oxygen atoms in total. The van der Waals surface area contributed by atoms with Crippen molar-refractivity contribution in [2.45, 2.75) is 19.5 Å². The number of carbonyl (C=O) groups is 3. The summed E-state index contributed by atoms with van der Waals surface area (Å²) >= 11 is 0. The number of rotatable bonds is 7. The second kappa shape index (κ2) is 10.0. The van der Waals surface area contributed by atoms with Crippen molar-refractivity contribution < 1.29 is 14.4 Å². The third kappa shape index (κ3) is 5.78. The molecular weight excluding hydrogens is 378 g/mol. The van der Waals surface area contributed by atoms with Gasteiger partial charge in [-0.25, -0.2) is 0 Å². The molecule has 30 heavy (non-hydrogen) atoms. The lowest BCUT2D eigenvalue weighted by Gasteiger charge is -2.14. The Labute approximate surface area is 175 Å². The van der Waals surface area contributed by atoms with Crippen molar-refractivity contribution in [1.29, 1.82) is 0 Å². The standard InChI is InChI=1S/C24H23N3O3/c1-17(22(28)25-16-18-8-4-2-5-9-18)26-23(29)19-12-14-20(15-13-19)24(30)27-21-10-6-3-7-11-21/h2-15,17H,16H2,1H3,(H,25,28)(H,26,29)(H,27,30). The molecule has 1 atom stereocenters. The van der Waals surface area contributed by atoms with Gasteiger partial charge in [-0.1, -0.05) is 48.5 Å². The first-order valence-electron chi connectivity index (χ1n) is 9.62. The first kappa shape index (κ1) is 20.8. The van der Waals surface area contributed by atoms with E-state index in [-0.39, 0.29) is 17.7 Å². The van der Waals surface area contributed by atoms with Gasteiger partial charge >= 0.3 is 0 Å². The van der Waals surface area contributed by atoms with Gasteiger partial charge in [0.05, 0.1) is 0 Å². The monoisotopic (exact) mass is 401 g/mol. The summed E-state index contributed by atoms with van der Waals surface area (Å²) in [6.45, 7) is 2.02. The van der Waals surface area contributed by atoms with Crippen LogP contribution in [0, 0.1) is 0 Å². The molecule has 0 bridgehead atoms. The molecule has 0 aliphatic rings. The highest BCUT2D eigenvalue weighted by molar-refractivity contribution is 6.05. The molecule has 0 aliphatic heterocycles. The van der Waals surface area contributed by atoms with Crippen LogP contribution in [0.15, 0.2) is 84.9 Å². The van der Waals surface area contributed by atoms with Gasteiger partial charge in [0.25, 0.3) is 11.8 Å². The van der Waals surface area contributed by atoms with E-state index in [9.17, 15) is 14.4 Å². The van der Waals surface area contributed by atoms with E-state index >= 15 is 0 Å². The molecule has 152 valence electrons. The summed E-state index contributed by atoms with van der Waals surface area (Å²) in [5.41, 5.74) is 2.48. The average molecular weight is 401 g/mol. The third-order valence-corrected chi connectivity index (χ3v) is 4.49. The van der Waals surface area contributed by atoms with E-state index < -0.39 is 6.04 Å². The van der Waals surface area contributed by atoms with Crippen LogP contribution in [0.25, 0.3) is 0 Å². The summed E-state index contributed by atoms with van der Waals surface area (Å²) in [6.07, 6.45) is 0. The Bertz CT molecular complexity index is 1000. The van der Waals surface area contributed by atoms with Crippen LogP contribution in [0.1, 0.15) is 33.2 Å². The number of hydrogen-bond acceptors (Lipinski definition) is 3. The number of nitrogens with one attached hydrogen (secondary N) is 3. The zero-order valence-corrected chi connectivity index (χ0v) is 16.6. The molecule has 3 N–H and O–H groups in total. The van der Waals surface area contributed by atoms with Crippen LogP contribution in [0.5, 0.6) is 0 Å². The quantitative estimate of drug-likeness (QED) is 0.567. The zero-order valence-electron chi connectivity index (χ0n) is 16.6. The van der Waals surface area contributed by atoms with Crippen LogP contribution in [-0.4, -0.2) is 23.8 Å². The number of hydrogen-bond donors (Lipinski definition) is 3. The van der Waals surface area contributed by atoms with Crippen molar-refractivity contribution in [2.75, 3.05) is 5.32 Å². The maximum absolute atomic E-state index is 12.4. The van der Waals surface area contributed by atoms with Gasteiger partial charge in [-0.15, -0.1) is 0 Å². The molecule has 0 aromatic heterocycles. The van der Waals surface area contributed by atoms with Crippen molar-refractivity contribution in [3.05, 3.63) is 102 Å². The van der Waals surface area contributed by atoms with Crippen molar-refractivity contribution in [3.8, 4) is 0 Å². The van der Waals surface area contributed by atoms with E-state index in [2.05, 4.69) is 16.0 Å². The molecule has 1 unspecified atom stereocenters. The van der Waals surface area contributed by atoms with Crippen molar-refractivity contribution in [3.63, 3.8) is 0 Å². The van der Waals surface area contributed by atoms with Gasteiger partial charge in [-0.3, -0.25) is 14.4 Å². The van der Waals surface area contributed by atoms with Gasteiger partial charge in [-0.2, -0.15) is 0 Å². The van der Waals surface area contributed by atoms with Gasteiger partial charge in [0.2, 0.25) is 5.91 Å². The predicted octanol–water partition coefficient (Wildman–Crippen LogP) is 3.37. The normalized spacial score (nSPS) is 11.2. The maximum Gasteiger partial charge on any atom is 0.255 e. The third-order valence-electron chi connectivity index (χ3n) is 4.49. The number of amides is 3. The molecule has 0 radical (unpaired) electrons.